The highest BCUT2D eigenvalue weighted by Crippen LogP contribution is 2.30. The first-order valence-corrected chi connectivity index (χ1v) is 8.85. The molecule has 1 aromatic heterocycles. The molecule has 2 heterocycles. The molecule has 0 radical (unpaired) electrons. The molecule has 0 aromatic carbocycles. The predicted molar refractivity (Wildman–Crippen MR) is 95.9 cm³/mol. The van der Waals surface area contributed by atoms with Crippen LogP contribution in [0.25, 0.3) is 0 Å². The molecule has 6 atom stereocenters. The Morgan fingerprint density at radius 2 is 2.04 bits per heavy atom. The van der Waals surface area contributed by atoms with Crippen LogP contribution in [0.1, 0.15) is 32.4 Å². The molecule has 0 spiro atoms. The SMILES string of the molecule is CCCCC(N)C(=O)NC(C(N)=O)[C@H]1O[C@@H](n2ccc(=O)[nH]c2=O)[C@H](O)[C@@H]1O. The second kappa shape index (κ2) is 9.10. The maximum absolute atomic E-state index is 12.2. The van der Waals surface area contributed by atoms with Crippen molar-refractivity contribution in [3.8, 4) is 0 Å². The van der Waals surface area contributed by atoms with Gasteiger partial charge in [-0.1, -0.05) is 19.8 Å². The van der Waals surface area contributed by atoms with Gasteiger partial charge < -0.3 is 31.7 Å². The van der Waals surface area contributed by atoms with Crippen LogP contribution in [0.5, 0.6) is 0 Å². The summed E-state index contributed by atoms with van der Waals surface area (Å²) in [5.41, 5.74) is 9.55. The van der Waals surface area contributed by atoms with Gasteiger partial charge in [-0.15, -0.1) is 0 Å². The maximum atomic E-state index is 12.2. The van der Waals surface area contributed by atoms with Gasteiger partial charge in [-0.3, -0.25) is 23.9 Å². The number of aliphatic hydroxyl groups excluding tert-OH is 2. The number of nitrogens with one attached hydrogen (secondary N) is 2. The molecule has 0 bridgehead atoms. The lowest BCUT2D eigenvalue weighted by Gasteiger charge is -2.25. The van der Waals surface area contributed by atoms with Gasteiger partial charge >= 0.3 is 5.69 Å². The van der Waals surface area contributed by atoms with Gasteiger partial charge in [-0.2, -0.15) is 0 Å². The number of hydrogen-bond acceptors (Lipinski definition) is 8. The summed E-state index contributed by atoms with van der Waals surface area (Å²) in [6.45, 7) is 1.93. The summed E-state index contributed by atoms with van der Waals surface area (Å²) in [7, 11) is 0. The lowest BCUT2D eigenvalue weighted by molar-refractivity contribution is -0.134. The average molecular weight is 399 g/mol. The summed E-state index contributed by atoms with van der Waals surface area (Å²) in [4.78, 5) is 49.1. The molecule has 1 aromatic rings. The Kier molecular flexibility index (Phi) is 7.07. The normalized spacial score (nSPS) is 26.6. The fraction of sp³-hybridized carbons (Fsp3) is 0.625. The first-order chi connectivity index (χ1) is 13.2. The molecule has 28 heavy (non-hydrogen) atoms. The number of hydrogen-bond donors (Lipinski definition) is 6. The second-order valence-electron chi connectivity index (χ2n) is 6.63. The molecule has 2 rings (SSSR count). The van der Waals surface area contributed by atoms with Gasteiger partial charge in [0.2, 0.25) is 11.8 Å². The van der Waals surface area contributed by atoms with E-state index in [1.807, 2.05) is 11.9 Å². The van der Waals surface area contributed by atoms with E-state index in [4.69, 9.17) is 16.2 Å². The number of nitrogens with zero attached hydrogens (tertiary/aromatic N) is 1. The average Bonchev–Trinajstić information content (AvgIpc) is 2.92. The van der Waals surface area contributed by atoms with E-state index in [-0.39, 0.29) is 0 Å². The largest absolute Gasteiger partial charge is 0.387 e. The molecule has 1 saturated heterocycles. The summed E-state index contributed by atoms with van der Waals surface area (Å²) >= 11 is 0. The van der Waals surface area contributed by atoms with Gasteiger partial charge in [0, 0.05) is 12.3 Å². The van der Waals surface area contributed by atoms with Crippen molar-refractivity contribution in [1.82, 2.24) is 14.9 Å². The number of aromatic nitrogens is 2. The first kappa shape index (κ1) is 21.8. The molecular weight excluding hydrogens is 374 g/mol. The van der Waals surface area contributed by atoms with Crippen LogP contribution in [0.3, 0.4) is 0 Å². The van der Waals surface area contributed by atoms with Crippen molar-refractivity contribution in [2.45, 2.75) is 62.8 Å². The van der Waals surface area contributed by atoms with Crippen LogP contribution < -0.4 is 28.0 Å². The van der Waals surface area contributed by atoms with Gasteiger partial charge in [0.15, 0.2) is 6.23 Å². The van der Waals surface area contributed by atoms with Crippen molar-refractivity contribution in [3.05, 3.63) is 33.1 Å². The monoisotopic (exact) mass is 399 g/mol. The highest BCUT2D eigenvalue weighted by molar-refractivity contribution is 5.89. The Bertz CT molecular complexity index is 822. The molecule has 2 amide bonds. The third-order valence-corrected chi connectivity index (χ3v) is 4.54. The number of aromatic amines is 1. The number of rotatable bonds is 8. The van der Waals surface area contributed by atoms with Crippen LogP contribution in [0.4, 0.5) is 0 Å². The topological polar surface area (TPSA) is 203 Å². The molecular formula is C16H25N5O7. The standard InChI is InChI=1S/C16H25N5O7/c1-2-3-4-7(17)14(26)20-9(13(18)25)12-10(23)11(24)15(28-12)21-6-5-8(22)19-16(21)27/h5-7,9-12,15,23-24H,2-4,17H2,1H3,(H2,18,25)(H,20,26)(H,19,22,27)/t7?,9?,10-,11+,12+,15+/m0/s1. The number of primary amides is 1. The highest BCUT2D eigenvalue weighted by Gasteiger charge is 2.49. The fourth-order valence-corrected chi connectivity index (χ4v) is 2.95. The first-order valence-electron chi connectivity index (χ1n) is 8.85. The zero-order valence-electron chi connectivity index (χ0n) is 15.3. The van der Waals surface area contributed by atoms with Crippen LogP contribution in [0.15, 0.2) is 21.9 Å². The van der Waals surface area contributed by atoms with Gasteiger partial charge in [0.1, 0.15) is 24.4 Å². The third kappa shape index (κ3) is 4.65. The van der Waals surface area contributed by atoms with E-state index in [1.54, 1.807) is 0 Å². The molecule has 12 heteroatoms. The molecule has 0 aliphatic carbocycles. The van der Waals surface area contributed by atoms with Gasteiger partial charge in [0.05, 0.1) is 6.04 Å². The smallest absolute Gasteiger partial charge is 0.330 e. The summed E-state index contributed by atoms with van der Waals surface area (Å²) in [5, 5.41) is 22.9. The minimum atomic E-state index is -1.64. The Labute approximate surface area is 159 Å². The number of unbranched alkanes of at least 4 members (excludes halogenated alkanes) is 1. The number of ether oxygens (including phenoxy) is 1. The maximum Gasteiger partial charge on any atom is 0.330 e. The predicted octanol–water partition coefficient (Wildman–Crippen LogP) is -3.36. The summed E-state index contributed by atoms with van der Waals surface area (Å²) in [5.74, 6) is -1.67. The van der Waals surface area contributed by atoms with Crippen molar-refractivity contribution in [2.75, 3.05) is 0 Å². The van der Waals surface area contributed by atoms with Crippen molar-refractivity contribution in [2.24, 2.45) is 11.5 Å². The van der Waals surface area contributed by atoms with Crippen molar-refractivity contribution < 1.29 is 24.5 Å². The van der Waals surface area contributed by atoms with E-state index in [9.17, 15) is 29.4 Å². The number of amides is 2. The zero-order valence-corrected chi connectivity index (χ0v) is 15.3. The number of nitrogens with two attached hydrogens (primary N) is 2. The van der Waals surface area contributed by atoms with Crippen molar-refractivity contribution >= 4 is 11.8 Å². The Morgan fingerprint density at radius 1 is 1.36 bits per heavy atom. The number of H-pyrrole nitrogens is 1. The number of carbonyl (C=O) groups is 2. The van der Waals surface area contributed by atoms with E-state index >= 15 is 0 Å². The van der Waals surface area contributed by atoms with Gasteiger partial charge in [0.25, 0.3) is 5.56 Å². The van der Waals surface area contributed by atoms with Gasteiger partial charge in [-0.25, -0.2) is 4.79 Å². The van der Waals surface area contributed by atoms with Crippen LogP contribution in [-0.4, -0.2) is 62.0 Å². The lowest BCUT2D eigenvalue weighted by atomic mass is 10.0. The minimum Gasteiger partial charge on any atom is -0.387 e. The molecule has 156 valence electrons. The summed E-state index contributed by atoms with van der Waals surface area (Å²) < 4.78 is 6.31. The van der Waals surface area contributed by atoms with E-state index < -0.39 is 59.7 Å². The van der Waals surface area contributed by atoms with Crippen LogP contribution in [0.2, 0.25) is 0 Å². The number of aliphatic hydroxyl groups is 2. The van der Waals surface area contributed by atoms with Crippen LogP contribution >= 0.6 is 0 Å². The van der Waals surface area contributed by atoms with E-state index in [1.165, 1.54) is 0 Å². The zero-order chi connectivity index (χ0) is 21.0. The quantitative estimate of drug-likeness (QED) is 0.260. The van der Waals surface area contributed by atoms with E-state index in [2.05, 4.69) is 5.32 Å². The van der Waals surface area contributed by atoms with Crippen LogP contribution in [-0.2, 0) is 14.3 Å². The van der Waals surface area contributed by atoms with E-state index in [0.717, 1.165) is 23.3 Å². The Balaban J connectivity index is 2.21. The lowest BCUT2D eigenvalue weighted by Crippen LogP contribution is -2.58. The molecule has 8 N–H and O–H groups in total. The highest BCUT2D eigenvalue weighted by atomic mass is 16.6. The Morgan fingerprint density at radius 3 is 2.61 bits per heavy atom. The third-order valence-electron chi connectivity index (χ3n) is 4.54. The molecule has 1 aliphatic rings. The molecule has 12 nitrogen and oxygen atoms in total. The molecule has 1 aliphatic heterocycles. The molecule has 1 fully saturated rings. The summed E-state index contributed by atoms with van der Waals surface area (Å²) in [6.07, 6.45) is -3.12. The Hall–Kier alpha value is -2.54. The van der Waals surface area contributed by atoms with E-state index in [0.29, 0.717) is 12.8 Å². The minimum absolute atomic E-state index is 0.389. The van der Waals surface area contributed by atoms with Crippen molar-refractivity contribution in [1.29, 1.82) is 0 Å². The summed E-state index contributed by atoms with van der Waals surface area (Å²) in [6, 6.07) is -1.35. The number of carbonyl (C=O) groups excluding carboxylic acids is 2. The molecule has 0 saturated carbocycles. The van der Waals surface area contributed by atoms with Gasteiger partial charge in [-0.05, 0) is 6.42 Å². The molecule has 2 unspecified atom stereocenters. The van der Waals surface area contributed by atoms with Crippen molar-refractivity contribution in [3.63, 3.8) is 0 Å². The fourth-order valence-electron chi connectivity index (χ4n) is 2.95. The van der Waals surface area contributed by atoms with Crippen LogP contribution in [0, 0.1) is 0 Å². The second-order valence-corrected chi connectivity index (χ2v) is 6.63.